The van der Waals surface area contributed by atoms with Gasteiger partial charge in [0, 0.05) is 6.54 Å². The lowest BCUT2D eigenvalue weighted by atomic mass is 10.1. The number of thioether (sulfide) groups is 1. The first-order chi connectivity index (χ1) is 17.3. The molecule has 3 aromatic carbocycles. The van der Waals surface area contributed by atoms with E-state index in [1.54, 1.807) is 7.11 Å². The second-order valence-corrected chi connectivity index (χ2v) is 8.88. The SMILES string of the molecule is COc1ccccc1-c1nnc(SCc2nnc(Cc3ccccc3)o2)n1CCc1ccccc1. The van der Waals surface area contributed by atoms with Crippen LogP contribution in [-0.2, 0) is 25.1 Å². The van der Waals surface area contributed by atoms with Gasteiger partial charge < -0.3 is 13.7 Å². The van der Waals surface area contributed by atoms with Crippen molar-refractivity contribution >= 4 is 11.8 Å². The summed E-state index contributed by atoms with van der Waals surface area (Å²) in [6.07, 6.45) is 1.47. The summed E-state index contributed by atoms with van der Waals surface area (Å²) < 4.78 is 13.6. The summed E-state index contributed by atoms with van der Waals surface area (Å²) in [5.74, 6) is 3.22. The highest BCUT2D eigenvalue weighted by Gasteiger charge is 2.18. The summed E-state index contributed by atoms with van der Waals surface area (Å²) in [5.41, 5.74) is 3.30. The van der Waals surface area contributed by atoms with Crippen LogP contribution in [0.2, 0.25) is 0 Å². The summed E-state index contributed by atoms with van der Waals surface area (Å²) >= 11 is 1.54. The zero-order valence-electron chi connectivity index (χ0n) is 19.4. The number of hydrogen-bond acceptors (Lipinski definition) is 7. The fraction of sp³-hybridized carbons (Fsp3) is 0.185. The molecule has 0 aliphatic heterocycles. The van der Waals surface area contributed by atoms with E-state index in [0.29, 0.717) is 24.0 Å². The van der Waals surface area contributed by atoms with Crippen LogP contribution in [0.4, 0.5) is 0 Å². The van der Waals surface area contributed by atoms with Gasteiger partial charge in [-0.15, -0.1) is 20.4 Å². The first-order valence-electron chi connectivity index (χ1n) is 11.4. The number of ether oxygens (including phenoxy) is 1. The van der Waals surface area contributed by atoms with Crippen molar-refractivity contribution in [3.8, 4) is 17.1 Å². The lowest BCUT2D eigenvalue weighted by Crippen LogP contribution is -2.06. The average molecular weight is 484 g/mol. The summed E-state index contributed by atoms with van der Waals surface area (Å²) in [6.45, 7) is 0.732. The van der Waals surface area contributed by atoms with Crippen LogP contribution in [0.3, 0.4) is 0 Å². The fourth-order valence-electron chi connectivity index (χ4n) is 3.83. The molecule has 8 heteroatoms. The van der Waals surface area contributed by atoms with E-state index in [0.717, 1.165) is 40.8 Å². The van der Waals surface area contributed by atoms with E-state index in [1.807, 2.05) is 60.7 Å². The maximum atomic E-state index is 5.89. The smallest absolute Gasteiger partial charge is 0.226 e. The molecule has 2 heterocycles. The van der Waals surface area contributed by atoms with Crippen molar-refractivity contribution in [3.05, 3.63) is 108 Å². The van der Waals surface area contributed by atoms with Gasteiger partial charge in [-0.25, -0.2) is 0 Å². The average Bonchev–Trinajstić information content (AvgIpc) is 3.53. The standard InChI is InChI=1S/C27H25N5O2S/c1-33-23-15-9-8-14-22(23)26-30-31-27(32(26)17-16-20-10-4-2-5-11-20)35-19-25-29-28-24(34-25)18-21-12-6-3-7-13-21/h2-15H,16-19H2,1H3. The Kier molecular flexibility index (Phi) is 7.19. The maximum absolute atomic E-state index is 5.89. The molecule has 2 aromatic heterocycles. The molecule has 0 spiro atoms. The molecule has 0 aliphatic carbocycles. The van der Waals surface area contributed by atoms with E-state index in [1.165, 1.54) is 17.3 Å². The third kappa shape index (κ3) is 5.60. The van der Waals surface area contributed by atoms with Crippen molar-refractivity contribution in [2.75, 3.05) is 7.11 Å². The van der Waals surface area contributed by atoms with Crippen molar-refractivity contribution in [3.63, 3.8) is 0 Å². The first-order valence-corrected chi connectivity index (χ1v) is 12.4. The van der Waals surface area contributed by atoms with Crippen LogP contribution >= 0.6 is 11.8 Å². The molecule has 5 aromatic rings. The number of aromatic nitrogens is 5. The molecule has 0 N–H and O–H groups in total. The predicted octanol–water partition coefficient (Wildman–Crippen LogP) is 5.46. The van der Waals surface area contributed by atoms with E-state index < -0.39 is 0 Å². The summed E-state index contributed by atoms with van der Waals surface area (Å²) in [5, 5.41) is 18.3. The highest BCUT2D eigenvalue weighted by molar-refractivity contribution is 7.98. The highest BCUT2D eigenvalue weighted by Crippen LogP contribution is 2.32. The van der Waals surface area contributed by atoms with Crippen molar-refractivity contribution < 1.29 is 9.15 Å². The van der Waals surface area contributed by atoms with Crippen molar-refractivity contribution in [2.24, 2.45) is 0 Å². The summed E-state index contributed by atoms with van der Waals surface area (Å²) in [7, 11) is 1.67. The normalized spacial score (nSPS) is 11.0. The molecule has 0 radical (unpaired) electrons. The van der Waals surface area contributed by atoms with Gasteiger partial charge in [0.25, 0.3) is 0 Å². The van der Waals surface area contributed by atoms with Crippen LogP contribution in [0.5, 0.6) is 5.75 Å². The Morgan fingerprint density at radius 2 is 1.46 bits per heavy atom. The molecule has 7 nitrogen and oxygen atoms in total. The molecule has 0 saturated heterocycles. The first kappa shape index (κ1) is 22.9. The fourth-order valence-corrected chi connectivity index (χ4v) is 4.63. The minimum atomic E-state index is 0.511. The van der Waals surface area contributed by atoms with Gasteiger partial charge in [-0.2, -0.15) is 0 Å². The van der Waals surface area contributed by atoms with E-state index in [2.05, 4.69) is 49.2 Å². The minimum Gasteiger partial charge on any atom is -0.496 e. The van der Waals surface area contributed by atoms with Gasteiger partial charge in [0.05, 0.1) is 24.8 Å². The highest BCUT2D eigenvalue weighted by atomic mass is 32.2. The van der Waals surface area contributed by atoms with Gasteiger partial charge in [0.15, 0.2) is 11.0 Å². The zero-order chi connectivity index (χ0) is 23.9. The van der Waals surface area contributed by atoms with Crippen LogP contribution in [0, 0.1) is 0 Å². The molecular formula is C27H25N5O2S. The molecule has 0 bridgehead atoms. The van der Waals surface area contributed by atoms with Crippen molar-refractivity contribution in [1.29, 1.82) is 0 Å². The topological polar surface area (TPSA) is 78.9 Å². The van der Waals surface area contributed by atoms with Gasteiger partial charge in [-0.05, 0) is 29.7 Å². The Morgan fingerprint density at radius 1 is 0.771 bits per heavy atom. The number of nitrogens with zero attached hydrogens (tertiary/aromatic N) is 5. The Morgan fingerprint density at radius 3 is 2.23 bits per heavy atom. The number of rotatable bonds is 10. The molecule has 0 saturated carbocycles. The van der Waals surface area contributed by atoms with Gasteiger partial charge in [0.2, 0.25) is 11.8 Å². The molecule has 0 atom stereocenters. The van der Waals surface area contributed by atoms with E-state index in [-0.39, 0.29) is 0 Å². The largest absolute Gasteiger partial charge is 0.496 e. The Hall–Kier alpha value is -3.91. The van der Waals surface area contributed by atoms with Crippen molar-refractivity contribution in [2.45, 2.75) is 30.3 Å². The molecule has 176 valence electrons. The Balaban J connectivity index is 1.36. The van der Waals surface area contributed by atoms with Gasteiger partial charge >= 0.3 is 0 Å². The van der Waals surface area contributed by atoms with Crippen LogP contribution < -0.4 is 4.74 Å². The third-order valence-electron chi connectivity index (χ3n) is 5.56. The zero-order valence-corrected chi connectivity index (χ0v) is 20.2. The number of aryl methyl sites for hydroxylation is 1. The Bertz CT molecular complexity index is 1370. The summed E-state index contributed by atoms with van der Waals surface area (Å²) in [4.78, 5) is 0. The van der Waals surface area contributed by atoms with E-state index in [4.69, 9.17) is 9.15 Å². The summed E-state index contributed by atoms with van der Waals surface area (Å²) in [6, 6.07) is 28.4. The molecule has 0 aliphatic rings. The lowest BCUT2D eigenvalue weighted by molar-refractivity contribution is 0.415. The van der Waals surface area contributed by atoms with E-state index in [9.17, 15) is 0 Å². The molecule has 0 fully saturated rings. The number of benzene rings is 3. The number of hydrogen-bond donors (Lipinski definition) is 0. The van der Waals surface area contributed by atoms with Gasteiger partial charge in [-0.1, -0.05) is 84.6 Å². The lowest BCUT2D eigenvalue weighted by Gasteiger charge is -2.12. The number of methoxy groups -OCH3 is 1. The molecule has 0 unspecified atom stereocenters. The second kappa shape index (κ2) is 11.0. The van der Waals surface area contributed by atoms with Gasteiger partial charge in [-0.3, -0.25) is 0 Å². The second-order valence-electron chi connectivity index (χ2n) is 7.93. The third-order valence-corrected chi connectivity index (χ3v) is 6.51. The maximum Gasteiger partial charge on any atom is 0.226 e. The van der Waals surface area contributed by atoms with Crippen LogP contribution in [0.15, 0.2) is 94.5 Å². The molecular weight excluding hydrogens is 458 g/mol. The van der Waals surface area contributed by atoms with Crippen LogP contribution in [0.25, 0.3) is 11.4 Å². The van der Waals surface area contributed by atoms with Crippen LogP contribution in [0.1, 0.15) is 22.9 Å². The van der Waals surface area contributed by atoms with Crippen molar-refractivity contribution in [1.82, 2.24) is 25.0 Å². The molecule has 5 rings (SSSR count). The quantitative estimate of drug-likeness (QED) is 0.244. The monoisotopic (exact) mass is 483 g/mol. The Labute approximate surface area is 208 Å². The predicted molar refractivity (Wildman–Crippen MR) is 135 cm³/mol. The molecule has 35 heavy (non-hydrogen) atoms. The van der Waals surface area contributed by atoms with Crippen LogP contribution in [-0.4, -0.2) is 32.1 Å². The minimum absolute atomic E-state index is 0.511. The van der Waals surface area contributed by atoms with E-state index >= 15 is 0 Å². The van der Waals surface area contributed by atoms with Gasteiger partial charge in [0.1, 0.15) is 5.75 Å². The number of para-hydroxylation sites is 1. The molecule has 0 amide bonds.